The van der Waals surface area contributed by atoms with E-state index < -0.39 is 5.97 Å². The van der Waals surface area contributed by atoms with Crippen molar-refractivity contribution in [1.82, 2.24) is 19.8 Å². The number of rotatable bonds is 5. The number of benzene rings is 2. The Labute approximate surface area is 202 Å². The van der Waals surface area contributed by atoms with E-state index in [1.54, 1.807) is 18.2 Å². The number of piperazine rings is 1. The summed E-state index contributed by atoms with van der Waals surface area (Å²) in [7, 11) is 3.42. The molecular formula is C26H27N5O4. The zero-order chi connectivity index (χ0) is 24.5. The first-order chi connectivity index (χ1) is 16.9. The number of hydrogen-bond acceptors (Lipinski definition) is 7. The summed E-state index contributed by atoms with van der Waals surface area (Å²) in [6, 6.07) is 14.4. The van der Waals surface area contributed by atoms with Crippen molar-refractivity contribution in [3.63, 3.8) is 0 Å². The van der Waals surface area contributed by atoms with E-state index in [9.17, 15) is 14.7 Å². The molecule has 0 radical (unpaired) electrons. The van der Waals surface area contributed by atoms with Gasteiger partial charge in [-0.15, -0.1) is 0 Å². The molecule has 0 spiro atoms. The Morgan fingerprint density at radius 2 is 1.89 bits per heavy atom. The number of nitrogens with one attached hydrogen (secondary N) is 2. The van der Waals surface area contributed by atoms with Crippen LogP contribution in [0.15, 0.2) is 48.5 Å². The highest BCUT2D eigenvalue weighted by Crippen LogP contribution is 2.37. The second kappa shape index (κ2) is 9.36. The molecule has 0 bridgehead atoms. The number of esters is 1. The highest BCUT2D eigenvalue weighted by atomic mass is 16.5. The Hall–Kier alpha value is -3.95. The van der Waals surface area contributed by atoms with E-state index >= 15 is 0 Å². The maximum absolute atomic E-state index is 12.5. The van der Waals surface area contributed by atoms with Gasteiger partial charge in [-0.2, -0.15) is 0 Å². The van der Waals surface area contributed by atoms with Crippen LogP contribution in [0, 0.1) is 0 Å². The van der Waals surface area contributed by atoms with Crippen LogP contribution in [-0.4, -0.2) is 83.6 Å². The summed E-state index contributed by atoms with van der Waals surface area (Å²) in [5.41, 5.74) is 3.61. The molecule has 1 saturated heterocycles. The van der Waals surface area contributed by atoms with Gasteiger partial charge in [-0.05, 0) is 43.4 Å². The Bertz CT molecular complexity index is 1420. The van der Waals surface area contributed by atoms with Gasteiger partial charge in [-0.3, -0.25) is 9.69 Å². The van der Waals surface area contributed by atoms with Crippen molar-refractivity contribution < 1.29 is 19.4 Å². The second-order valence-electron chi connectivity index (χ2n) is 8.83. The SMILES string of the molecule is COC(=O)c1ccc2c(-c3ccc4cc(NC(=O)CN5CCN(C)CC5)ccc4n3)c(O)[nH]c2c1. The van der Waals surface area contributed by atoms with Crippen LogP contribution >= 0.6 is 0 Å². The largest absolute Gasteiger partial charge is 0.494 e. The molecule has 1 aliphatic rings. The monoisotopic (exact) mass is 473 g/mol. The molecule has 1 fully saturated rings. The summed E-state index contributed by atoms with van der Waals surface area (Å²) >= 11 is 0. The fourth-order valence-electron chi connectivity index (χ4n) is 4.44. The van der Waals surface area contributed by atoms with Crippen molar-refractivity contribution in [1.29, 1.82) is 0 Å². The van der Waals surface area contributed by atoms with E-state index in [1.165, 1.54) is 7.11 Å². The lowest BCUT2D eigenvalue weighted by Gasteiger charge is -2.31. The number of aromatic nitrogens is 2. The quantitative estimate of drug-likeness (QED) is 0.382. The van der Waals surface area contributed by atoms with Crippen LogP contribution in [-0.2, 0) is 9.53 Å². The number of aromatic hydroxyl groups is 1. The van der Waals surface area contributed by atoms with Crippen LogP contribution in [0.3, 0.4) is 0 Å². The lowest BCUT2D eigenvalue weighted by molar-refractivity contribution is -0.117. The number of likely N-dealkylation sites (N-methyl/N-ethyl adjacent to an activating group) is 1. The van der Waals surface area contributed by atoms with Crippen LogP contribution in [0.1, 0.15) is 10.4 Å². The number of aromatic amines is 1. The van der Waals surface area contributed by atoms with Crippen LogP contribution in [0.25, 0.3) is 33.1 Å². The van der Waals surface area contributed by atoms with Crippen molar-refractivity contribution in [3.05, 3.63) is 54.1 Å². The molecule has 1 aliphatic heterocycles. The highest BCUT2D eigenvalue weighted by Gasteiger charge is 2.18. The average molecular weight is 474 g/mol. The smallest absolute Gasteiger partial charge is 0.337 e. The number of H-pyrrole nitrogens is 1. The molecule has 5 rings (SSSR count). The van der Waals surface area contributed by atoms with Crippen molar-refractivity contribution in [3.8, 4) is 17.1 Å². The van der Waals surface area contributed by atoms with Gasteiger partial charge >= 0.3 is 5.97 Å². The zero-order valence-corrected chi connectivity index (χ0v) is 19.7. The summed E-state index contributed by atoms with van der Waals surface area (Å²) in [6.45, 7) is 4.09. The van der Waals surface area contributed by atoms with Crippen molar-refractivity contribution in [2.45, 2.75) is 0 Å². The molecule has 0 unspecified atom stereocenters. The third kappa shape index (κ3) is 4.68. The molecule has 2 aromatic carbocycles. The molecule has 2 aromatic heterocycles. The minimum atomic E-state index is -0.446. The molecule has 35 heavy (non-hydrogen) atoms. The van der Waals surface area contributed by atoms with Crippen molar-refractivity contribution in [2.75, 3.05) is 52.2 Å². The molecule has 0 saturated carbocycles. The molecule has 0 aliphatic carbocycles. The van der Waals surface area contributed by atoms with E-state index in [0.717, 1.165) is 48.2 Å². The number of amides is 1. The predicted molar refractivity (Wildman–Crippen MR) is 135 cm³/mol. The summed E-state index contributed by atoms with van der Waals surface area (Å²) < 4.78 is 4.77. The first-order valence-electron chi connectivity index (χ1n) is 11.5. The number of carbonyl (C=O) groups excluding carboxylic acids is 2. The minimum absolute atomic E-state index is 0.0262. The van der Waals surface area contributed by atoms with Gasteiger partial charge in [0.2, 0.25) is 5.91 Å². The van der Waals surface area contributed by atoms with Gasteiger partial charge in [-0.1, -0.05) is 12.1 Å². The molecule has 3 heterocycles. The van der Waals surface area contributed by atoms with E-state index in [2.05, 4.69) is 27.1 Å². The first kappa shape index (κ1) is 22.8. The summed E-state index contributed by atoms with van der Waals surface area (Å²) in [6.07, 6.45) is 0. The highest BCUT2D eigenvalue weighted by molar-refractivity contribution is 6.03. The summed E-state index contributed by atoms with van der Waals surface area (Å²) in [5, 5.41) is 15.2. The zero-order valence-electron chi connectivity index (χ0n) is 19.7. The number of hydrogen-bond donors (Lipinski definition) is 3. The molecule has 180 valence electrons. The third-order valence-electron chi connectivity index (χ3n) is 6.39. The van der Waals surface area contributed by atoms with Gasteiger partial charge < -0.3 is 25.0 Å². The van der Waals surface area contributed by atoms with Gasteiger partial charge in [-0.25, -0.2) is 9.78 Å². The summed E-state index contributed by atoms with van der Waals surface area (Å²) in [5.74, 6) is -0.507. The third-order valence-corrected chi connectivity index (χ3v) is 6.39. The normalized spacial score (nSPS) is 14.9. The van der Waals surface area contributed by atoms with Gasteiger partial charge in [0.05, 0.1) is 36.0 Å². The predicted octanol–water partition coefficient (Wildman–Crippen LogP) is 3.06. The Morgan fingerprint density at radius 1 is 1.09 bits per heavy atom. The van der Waals surface area contributed by atoms with E-state index in [0.29, 0.717) is 28.9 Å². The Morgan fingerprint density at radius 3 is 2.66 bits per heavy atom. The van der Waals surface area contributed by atoms with Gasteiger partial charge in [0.1, 0.15) is 0 Å². The van der Waals surface area contributed by atoms with Crippen molar-refractivity contribution in [2.24, 2.45) is 0 Å². The topological polar surface area (TPSA) is 111 Å². The van der Waals surface area contributed by atoms with Crippen LogP contribution in [0.4, 0.5) is 5.69 Å². The van der Waals surface area contributed by atoms with Crippen molar-refractivity contribution >= 4 is 39.4 Å². The average Bonchev–Trinajstić information content (AvgIpc) is 3.19. The van der Waals surface area contributed by atoms with E-state index in [-0.39, 0.29) is 11.8 Å². The van der Waals surface area contributed by atoms with Gasteiger partial charge in [0, 0.05) is 48.2 Å². The van der Waals surface area contributed by atoms with Crippen LogP contribution < -0.4 is 5.32 Å². The van der Waals surface area contributed by atoms with Crippen LogP contribution in [0.2, 0.25) is 0 Å². The second-order valence-corrected chi connectivity index (χ2v) is 8.83. The Kier molecular flexibility index (Phi) is 6.10. The lowest BCUT2D eigenvalue weighted by atomic mass is 10.1. The molecule has 0 atom stereocenters. The number of methoxy groups -OCH3 is 1. The molecule has 4 aromatic rings. The number of carbonyl (C=O) groups is 2. The molecular weight excluding hydrogens is 446 g/mol. The maximum Gasteiger partial charge on any atom is 0.337 e. The van der Waals surface area contributed by atoms with Gasteiger partial charge in [0.25, 0.3) is 0 Å². The summed E-state index contributed by atoms with van der Waals surface area (Å²) in [4.78, 5) is 36.4. The lowest BCUT2D eigenvalue weighted by Crippen LogP contribution is -2.47. The number of pyridine rings is 1. The molecule has 1 amide bonds. The minimum Gasteiger partial charge on any atom is -0.494 e. The van der Waals surface area contributed by atoms with E-state index in [1.807, 2.05) is 30.3 Å². The first-order valence-corrected chi connectivity index (χ1v) is 11.5. The molecule has 9 heteroatoms. The maximum atomic E-state index is 12.5. The standard InChI is InChI=1S/C26H27N5O4/c1-30-9-11-31(12-10-30)15-23(32)27-18-5-8-20-16(13-18)4-7-21(28-20)24-19-6-3-17(26(34)35-2)14-22(19)29-25(24)33/h3-8,13-14,29,33H,9-12,15H2,1-2H3,(H,27,32). The van der Waals surface area contributed by atoms with E-state index in [4.69, 9.17) is 9.72 Å². The van der Waals surface area contributed by atoms with Gasteiger partial charge in [0.15, 0.2) is 5.88 Å². The number of ether oxygens (including phenoxy) is 1. The number of anilines is 1. The Balaban J connectivity index is 1.36. The molecule has 3 N–H and O–H groups in total. The fraction of sp³-hybridized carbons (Fsp3) is 0.269. The molecule has 9 nitrogen and oxygen atoms in total. The fourth-order valence-corrected chi connectivity index (χ4v) is 4.44. The van der Waals surface area contributed by atoms with Crippen LogP contribution in [0.5, 0.6) is 5.88 Å². The number of fused-ring (bicyclic) bond motifs is 2. The number of nitrogens with zero attached hydrogens (tertiary/aromatic N) is 3.